The zero-order valence-corrected chi connectivity index (χ0v) is 15.3. The molecule has 7 nitrogen and oxygen atoms in total. The van der Waals surface area contributed by atoms with Gasteiger partial charge in [0, 0.05) is 6.20 Å². The topological polar surface area (TPSA) is 100 Å². The van der Waals surface area contributed by atoms with Crippen LogP contribution < -0.4 is 5.43 Å². The van der Waals surface area contributed by atoms with E-state index in [0.717, 1.165) is 22.3 Å². The molecule has 28 heavy (non-hydrogen) atoms. The number of carboxylic acid groups (broad SMARTS) is 1. The summed E-state index contributed by atoms with van der Waals surface area (Å²) in [5, 5.41) is 17.3. The van der Waals surface area contributed by atoms with Crippen LogP contribution in [-0.4, -0.2) is 23.7 Å². The second kappa shape index (κ2) is 6.92. The maximum Gasteiger partial charge on any atom is 0.335 e. The Hall–Kier alpha value is -3.48. The number of fused-ring (bicyclic) bond motifs is 2. The third-order valence-electron chi connectivity index (χ3n) is 5.20. The van der Waals surface area contributed by atoms with Crippen LogP contribution in [0, 0.1) is 5.41 Å². The molecule has 4 rings (SSSR count). The molecular formula is C21H19N3O4. The number of nitrogens with zero attached hydrogens (tertiary/aromatic N) is 2. The lowest BCUT2D eigenvalue weighted by Crippen LogP contribution is -2.34. The highest BCUT2D eigenvalue weighted by molar-refractivity contribution is 5.94. The molecule has 0 amide bonds. The van der Waals surface area contributed by atoms with E-state index in [0.29, 0.717) is 18.5 Å². The lowest BCUT2D eigenvalue weighted by molar-refractivity contribution is -0.150. The first-order valence-corrected chi connectivity index (χ1v) is 9.04. The van der Waals surface area contributed by atoms with Crippen molar-refractivity contribution in [1.29, 1.82) is 0 Å². The van der Waals surface area contributed by atoms with Gasteiger partial charge >= 0.3 is 11.9 Å². The van der Waals surface area contributed by atoms with E-state index in [9.17, 15) is 14.7 Å². The molecule has 1 aromatic rings. The summed E-state index contributed by atoms with van der Waals surface area (Å²) in [6.45, 7) is 2.03. The summed E-state index contributed by atoms with van der Waals surface area (Å²) in [6.07, 6.45) is 9.88. The number of esters is 1. The molecule has 1 unspecified atom stereocenters. The van der Waals surface area contributed by atoms with Crippen molar-refractivity contribution in [3.05, 3.63) is 76.7 Å². The first-order chi connectivity index (χ1) is 13.5. The molecule has 2 N–H and O–H groups in total. The van der Waals surface area contributed by atoms with Crippen molar-refractivity contribution in [2.75, 3.05) is 6.61 Å². The molecule has 0 aromatic heterocycles. The van der Waals surface area contributed by atoms with Crippen LogP contribution in [0.1, 0.15) is 34.8 Å². The average molecular weight is 377 g/mol. The largest absolute Gasteiger partial charge is 0.478 e. The Kier molecular flexibility index (Phi) is 4.43. The predicted octanol–water partition coefficient (Wildman–Crippen LogP) is 3.57. The van der Waals surface area contributed by atoms with Crippen LogP contribution in [0.4, 0.5) is 0 Å². The number of aromatic carboxylic acids is 1. The Labute approximate surface area is 161 Å². The average Bonchev–Trinajstić information content (AvgIpc) is 2.85. The minimum Gasteiger partial charge on any atom is -0.478 e. The molecule has 3 aliphatic rings. The Morgan fingerprint density at radius 3 is 3.00 bits per heavy atom. The van der Waals surface area contributed by atoms with Crippen LogP contribution in [0.3, 0.4) is 0 Å². The predicted molar refractivity (Wildman–Crippen MR) is 102 cm³/mol. The van der Waals surface area contributed by atoms with Gasteiger partial charge in [0.1, 0.15) is 5.41 Å². The third-order valence-corrected chi connectivity index (χ3v) is 5.20. The number of carboxylic acids is 1. The number of rotatable bonds is 4. The monoisotopic (exact) mass is 377 g/mol. The van der Waals surface area contributed by atoms with Gasteiger partial charge in [-0.3, -0.25) is 10.2 Å². The highest BCUT2D eigenvalue weighted by atomic mass is 16.5. The first kappa shape index (κ1) is 17.9. The molecule has 0 radical (unpaired) electrons. The van der Waals surface area contributed by atoms with Crippen molar-refractivity contribution >= 4 is 17.5 Å². The number of carbonyl (C=O) groups excluding carboxylic acids is 1. The maximum absolute atomic E-state index is 13.0. The van der Waals surface area contributed by atoms with Gasteiger partial charge in [0.05, 0.1) is 17.9 Å². The van der Waals surface area contributed by atoms with Crippen molar-refractivity contribution in [3.63, 3.8) is 0 Å². The van der Waals surface area contributed by atoms with Crippen molar-refractivity contribution in [2.24, 2.45) is 15.8 Å². The smallest absolute Gasteiger partial charge is 0.335 e. The Morgan fingerprint density at radius 1 is 1.36 bits per heavy atom. The minimum absolute atomic E-state index is 0.250. The maximum atomic E-state index is 13.0. The first-order valence-electron chi connectivity index (χ1n) is 9.04. The van der Waals surface area contributed by atoms with E-state index < -0.39 is 11.4 Å². The van der Waals surface area contributed by atoms with Crippen molar-refractivity contribution in [2.45, 2.75) is 19.8 Å². The van der Waals surface area contributed by atoms with Crippen LogP contribution in [-0.2, 0) is 16.0 Å². The standard InChI is InChI=1S/C21H19N3O4/c1-2-28-20(27)21(18-4-3-9-22-24-23-18)8-7-16-15(12-21)10-13-5-6-14(19(25)26)11-17(13)16/h3-9,11H,2,10,12H2,1H3,(H,22,23)(H,25,26). The lowest BCUT2D eigenvalue weighted by Gasteiger charge is -2.31. The van der Waals surface area contributed by atoms with Crippen LogP contribution in [0.2, 0.25) is 0 Å². The van der Waals surface area contributed by atoms with E-state index in [2.05, 4.69) is 15.8 Å². The second-order valence-electron chi connectivity index (χ2n) is 6.81. The molecule has 0 fully saturated rings. The second-order valence-corrected chi connectivity index (χ2v) is 6.81. The molecule has 2 aliphatic carbocycles. The van der Waals surface area contributed by atoms with E-state index in [-0.39, 0.29) is 18.1 Å². The molecule has 1 heterocycles. The zero-order valence-electron chi connectivity index (χ0n) is 15.3. The van der Waals surface area contributed by atoms with Crippen LogP contribution in [0.5, 0.6) is 0 Å². The van der Waals surface area contributed by atoms with Crippen molar-refractivity contribution in [3.8, 4) is 0 Å². The van der Waals surface area contributed by atoms with Crippen LogP contribution >= 0.6 is 0 Å². The Balaban J connectivity index is 1.76. The van der Waals surface area contributed by atoms with Crippen molar-refractivity contribution in [1.82, 2.24) is 5.43 Å². The van der Waals surface area contributed by atoms with Gasteiger partial charge in [0.15, 0.2) is 0 Å². The Bertz CT molecular complexity index is 1020. The van der Waals surface area contributed by atoms with E-state index in [1.165, 1.54) is 0 Å². The highest BCUT2D eigenvalue weighted by Crippen LogP contribution is 2.49. The Morgan fingerprint density at radius 2 is 2.21 bits per heavy atom. The van der Waals surface area contributed by atoms with E-state index >= 15 is 0 Å². The number of ether oxygens (including phenoxy) is 1. The molecule has 0 bridgehead atoms. The van der Waals surface area contributed by atoms with Gasteiger partial charge < -0.3 is 9.84 Å². The molecule has 0 saturated carbocycles. The van der Waals surface area contributed by atoms with Gasteiger partial charge in [0.25, 0.3) is 0 Å². The third kappa shape index (κ3) is 2.85. The van der Waals surface area contributed by atoms with Gasteiger partial charge in [-0.2, -0.15) is 0 Å². The van der Waals surface area contributed by atoms with Gasteiger partial charge in [0.2, 0.25) is 0 Å². The normalized spacial score (nSPS) is 22.1. The number of allylic oxidation sites excluding steroid dienone is 5. The van der Waals surface area contributed by atoms with Gasteiger partial charge in [-0.25, -0.2) is 4.79 Å². The molecule has 1 aliphatic heterocycles. The molecule has 1 atom stereocenters. The number of nitrogens with one attached hydrogen (secondary N) is 1. The SMILES string of the molecule is CCOC(=O)C1(C2=CC=CNN=N2)C=CC2=C(Cc3ccc(C(=O)O)cc32)C1. The fourth-order valence-electron chi connectivity index (χ4n) is 3.87. The van der Waals surface area contributed by atoms with E-state index in [4.69, 9.17) is 4.74 Å². The molecular weight excluding hydrogens is 358 g/mol. The fourth-order valence-corrected chi connectivity index (χ4v) is 3.87. The summed E-state index contributed by atoms with van der Waals surface area (Å²) >= 11 is 0. The van der Waals surface area contributed by atoms with E-state index in [1.54, 1.807) is 43.5 Å². The van der Waals surface area contributed by atoms with Crippen molar-refractivity contribution < 1.29 is 19.4 Å². The van der Waals surface area contributed by atoms with E-state index in [1.807, 2.05) is 12.1 Å². The molecule has 7 heteroatoms. The van der Waals surface area contributed by atoms with Crippen LogP contribution in [0.15, 0.2) is 70.3 Å². The summed E-state index contributed by atoms with van der Waals surface area (Å²) in [6, 6.07) is 5.15. The summed E-state index contributed by atoms with van der Waals surface area (Å²) in [5.74, 6) is -1.33. The number of hydrogen-bond acceptors (Lipinski definition) is 6. The number of benzene rings is 1. The lowest BCUT2D eigenvalue weighted by atomic mass is 9.73. The molecule has 0 spiro atoms. The summed E-state index contributed by atoms with van der Waals surface area (Å²) in [4.78, 5) is 24.3. The van der Waals surface area contributed by atoms with Gasteiger partial charge in [-0.15, -0.1) is 5.11 Å². The highest BCUT2D eigenvalue weighted by Gasteiger charge is 2.46. The number of hydrogen-bond donors (Lipinski definition) is 2. The van der Waals surface area contributed by atoms with Gasteiger partial charge in [-0.1, -0.05) is 29.0 Å². The minimum atomic E-state index is -1.06. The molecule has 1 aromatic carbocycles. The van der Waals surface area contributed by atoms with Gasteiger partial charge in [-0.05, 0) is 60.8 Å². The quantitative estimate of drug-likeness (QED) is 0.781. The summed E-state index contributed by atoms with van der Waals surface area (Å²) in [5.41, 5.74) is 6.34. The molecule has 0 saturated heterocycles. The van der Waals surface area contributed by atoms with Crippen LogP contribution in [0.25, 0.3) is 5.57 Å². The zero-order chi connectivity index (χ0) is 19.7. The fraction of sp³-hybridized carbons (Fsp3) is 0.238. The molecule has 142 valence electrons. The summed E-state index contributed by atoms with van der Waals surface area (Å²) in [7, 11) is 0. The number of carbonyl (C=O) groups is 2. The summed E-state index contributed by atoms with van der Waals surface area (Å²) < 4.78 is 5.38.